The SMILES string of the molecule is N#Cc1ccc(C(=O)CCCCCCCNC(=O)c2ccc(C#N)cc2)cc1. The third-order valence-electron chi connectivity index (χ3n) is 4.48. The summed E-state index contributed by atoms with van der Waals surface area (Å²) >= 11 is 0. The van der Waals surface area contributed by atoms with Crippen LogP contribution < -0.4 is 5.32 Å². The first-order chi connectivity index (χ1) is 13.6. The molecule has 0 saturated heterocycles. The van der Waals surface area contributed by atoms with Crippen LogP contribution in [0.1, 0.15) is 70.4 Å². The number of Topliss-reactive ketones (excluding diaryl/α,β-unsaturated/α-hetero) is 1. The number of nitriles is 2. The summed E-state index contributed by atoms with van der Waals surface area (Å²) in [6, 6.07) is 17.4. The quantitative estimate of drug-likeness (QED) is 0.494. The number of nitrogens with one attached hydrogen (secondary N) is 1. The van der Waals surface area contributed by atoms with Gasteiger partial charge in [-0.25, -0.2) is 0 Å². The van der Waals surface area contributed by atoms with Gasteiger partial charge in [-0.05, 0) is 49.2 Å². The number of rotatable bonds is 10. The van der Waals surface area contributed by atoms with Gasteiger partial charge in [0.1, 0.15) is 0 Å². The van der Waals surface area contributed by atoms with Gasteiger partial charge in [-0.2, -0.15) is 10.5 Å². The number of nitrogens with zero attached hydrogens (tertiary/aromatic N) is 2. The topological polar surface area (TPSA) is 93.8 Å². The highest BCUT2D eigenvalue weighted by Gasteiger charge is 2.06. The Hall–Kier alpha value is -3.44. The van der Waals surface area contributed by atoms with Crippen molar-refractivity contribution in [1.82, 2.24) is 5.32 Å². The zero-order valence-corrected chi connectivity index (χ0v) is 15.8. The first kappa shape index (κ1) is 20.9. The minimum Gasteiger partial charge on any atom is -0.352 e. The number of unbranched alkanes of at least 4 members (excludes halogenated alkanes) is 4. The third kappa shape index (κ3) is 6.70. The molecule has 2 aromatic rings. The molecule has 0 aliphatic heterocycles. The van der Waals surface area contributed by atoms with E-state index in [0.717, 1.165) is 32.1 Å². The number of hydrogen-bond donors (Lipinski definition) is 1. The van der Waals surface area contributed by atoms with Gasteiger partial charge in [0.2, 0.25) is 0 Å². The van der Waals surface area contributed by atoms with Crippen LogP contribution in [-0.2, 0) is 0 Å². The summed E-state index contributed by atoms with van der Waals surface area (Å²) in [7, 11) is 0. The van der Waals surface area contributed by atoms with Crippen LogP contribution >= 0.6 is 0 Å². The van der Waals surface area contributed by atoms with Crippen LogP contribution in [0, 0.1) is 22.7 Å². The molecule has 0 bridgehead atoms. The Kier molecular flexibility index (Phi) is 8.43. The van der Waals surface area contributed by atoms with Crippen molar-refractivity contribution in [1.29, 1.82) is 10.5 Å². The van der Waals surface area contributed by atoms with Crippen molar-refractivity contribution < 1.29 is 9.59 Å². The van der Waals surface area contributed by atoms with E-state index in [1.165, 1.54) is 0 Å². The van der Waals surface area contributed by atoms with Crippen molar-refractivity contribution in [2.24, 2.45) is 0 Å². The molecule has 0 saturated carbocycles. The van der Waals surface area contributed by atoms with Crippen molar-refractivity contribution in [3.05, 3.63) is 70.8 Å². The maximum atomic E-state index is 12.1. The van der Waals surface area contributed by atoms with E-state index in [1.54, 1.807) is 48.5 Å². The highest BCUT2D eigenvalue weighted by molar-refractivity contribution is 5.96. The first-order valence-corrected chi connectivity index (χ1v) is 9.46. The average Bonchev–Trinajstić information content (AvgIpc) is 2.75. The van der Waals surface area contributed by atoms with E-state index in [4.69, 9.17) is 10.5 Å². The summed E-state index contributed by atoms with van der Waals surface area (Å²) in [6.07, 6.45) is 5.25. The molecule has 1 amide bonds. The van der Waals surface area contributed by atoms with Crippen molar-refractivity contribution in [3.63, 3.8) is 0 Å². The fourth-order valence-corrected chi connectivity index (χ4v) is 2.82. The normalized spacial score (nSPS) is 9.93. The highest BCUT2D eigenvalue weighted by Crippen LogP contribution is 2.11. The molecule has 0 aromatic heterocycles. The van der Waals surface area contributed by atoms with Crippen molar-refractivity contribution in [2.45, 2.75) is 38.5 Å². The van der Waals surface area contributed by atoms with Gasteiger partial charge < -0.3 is 5.32 Å². The second-order valence-corrected chi connectivity index (χ2v) is 6.58. The predicted octanol–water partition coefficient (Wildman–Crippen LogP) is 4.38. The van der Waals surface area contributed by atoms with Crippen molar-refractivity contribution in [2.75, 3.05) is 6.54 Å². The lowest BCUT2D eigenvalue weighted by molar-refractivity contribution is 0.0950. The lowest BCUT2D eigenvalue weighted by Gasteiger charge is -2.06. The number of hydrogen-bond acceptors (Lipinski definition) is 4. The second kappa shape index (κ2) is 11.3. The summed E-state index contributed by atoms with van der Waals surface area (Å²) in [5.41, 5.74) is 2.31. The van der Waals surface area contributed by atoms with Crippen LogP contribution in [0.2, 0.25) is 0 Å². The molecule has 2 aromatic carbocycles. The minimum absolute atomic E-state index is 0.110. The molecule has 5 heteroatoms. The van der Waals surface area contributed by atoms with Crippen molar-refractivity contribution in [3.8, 4) is 12.1 Å². The zero-order chi connectivity index (χ0) is 20.2. The van der Waals surface area contributed by atoms with Crippen LogP contribution in [0.25, 0.3) is 0 Å². The van der Waals surface area contributed by atoms with E-state index < -0.39 is 0 Å². The van der Waals surface area contributed by atoms with Crippen LogP contribution in [0.4, 0.5) is 0 Å². The molecule has 0 unspecified atom stereocenters. The van der Waals surface area contributed by atoms with Gasteiger partial charge in [0, 0.05) is 24.1 Å². The summed E-state index contributed by atoms with van der Waals surface area (Å²) in [5, 5.41) is 20.4. The summed E-state index contributed by atoms with van der Waals surface area (Å²) in [4.78, 5) is 24.1. The number of carbonyl (C=O) groups is 2. The van der Waals surface area contributed by atoms with E-state index in [9.17, 15) is 9.59 Å². The summed E-state index contributed by atoms with van der Waals surface area (Å²) in [6.45, 7) is 0.614. The molecule has 0 spiro atoms. The van der Waals surface area contributed by atoms with Crippen LogP contribution in [0.5, 0.6) is 0 Å². The van der Waals surface area contributed by atoms with E-state index in [1.807, 2.05) is 12.1 Å². The number of benzene rings is 2. The molecule has 0 atom stereocenters. The molecule has 1 N–H and O–H groups in total. The molecule has 5 nitrogen and oxygen atoms in total. The number of amides is 1. The lowest BCUT2D eigenvalue weighted by Crippen LogP contribution is -2.24. The molecule has 0 heterocycles. The Labute approximate surface area is 165 Å². The second-order valence-electron chi connectivity index (χ2n) is 6.58. The monoisotopic (exact) mass is 373 g/mol. The largest absolute Gasteiger partial charge is 0.352 e. The Balaban J connectivity index is 1.54. The number of carbonyl (C=O) groups excluding carboxylic acids is 2. The van der Waals surface area contributed by atoms with E-state index in [2.05, 4.69) is 5.32 Å². The number of ketones is 1. The molecule has 142 valence electrons. The van der Waals surface area contributed by atoms with E-state index >= 15 is 0 Å². The standard InChI is InChI=1S/C23H23N3O2/c24-16-18-7-11-20(12-8-18)22(27)6-4-2-1-3-5-15-26-23(28)21-13-9-19(17-25)10-14-21/h7-14H,1-6,15H2,(H,26,28). The molecular formula is C23H23N3O2. The van der Waals surface area contributed by atoms with E-state index in [0.29, 0.717) is 35.2 Å². The van der Waals surface area contributed by atoms with Gasteiger partial charge in [-0.1, -0.05) is 31.4 Å². The van der Waals surface area contributed by atoms with Crippen molar-refractivity contribution >= 4 is 11.7 Å². The molecule has 0 fully saturated rings. The molecule has 0 radical (unpaired) electrons. The fraction of sp³-hybridized carbons (Fsp3) is 0.304. The minimum atomic E-state index is -0.127. The summed E-state index contributed by atoms with van der Waals surface area (Å²) < 4.78 is 0. The van der Waals surface area contributed by atoms with Crippen LogP contribution in [-0.4, -0.2) is 18.2 Å². The highest BCUT2D eigenvalue weighted by atomic mass is 16.1. The van der Waals surface area contributed by atoms with Gasteiger partial charge in [-0.15, -0.1) is 0 Å². The summed E-state index contributed by atoms with van der Waals surface area (Å²) in [5.74, 6) is -0.0170. The van der Waals surface area contributed by atoms with Gasteiger partial charge in [0.05, 0.1) is 23.3 Å². The molecule has 0 aliphatic rings. The Morgan fingerprint density at radius 3 is 1.79 bits per heavy atom. The third-order valence-corrected chi connectivity index (χ3v) is 4.48. The smallest absolute Gasteiger partial charge is 0.251 e. The van der Waals surface area contributed by atoms with Crippen LogP contribution in [0.15, 0.2) is 48.5 Å². The zero-order valence-electron chi connectivity index (χ0n) is 15.8. The van der Waals surface area contributed by atoms with E-state index in [-0.39, 0.29) is 11.7 Å². The fourth-order valence-electron chi connectivity index (χ4n) is 2.82. The van der Waals surface area contributed by atoms with Gasteiger partial charge in [0.15, 0.2) is 5.78 Å². The van der Waals surface area contributed by atoms with Gasteiger partial charge in [0.25, 0.3) is 5.91 Å². The Morgan fingerprint density at radius 1 is 0.714 bits per heavy atom. The molecular weight excluding hydrogens is 350 g/mol. The Morgan fingerprint density at radius 2 is 1.21 bits per heavy atom. The maximum absolute atomic E-state index is 12.1. The average molecular weight is 373 g/mol. The molecule has 0 aliphatic carbocycles. The van der Waals surface area contributed by atoms with Crippen LogP contribution in [0.3, 0.4) is 0 Å². The molecule has 2 rings (SSSR count). The Bertz CT molecular complexity index is 797. The lowest BCUT2D eigenvalue weighted by atomic mass is 10.0. The predicted molar refractivity (Wildman–Crippen MR) is 107 cm³/mol. The molecule has 28 heavy (non-hydrogen) atoms. The van der Waals surface area contributed by atoms with Gasteiger partial charge >= 0.3 is 0 Å². The van der Waals surface area contributed by atoms with Gasteiger partial charge in [-0.3, -0.25) is 9.59 Å². The maximum Gasteiger partial charge on any atom is 0.251 e. The first-order valence-electron chi connectivity index (χ1n) is 9.46.